The average Bonchev–Trinajstić information content (AvgIpc) is 3.02. The Morgan fingerprint density at radius 1 is 1.40 bits per heavy atom. The highest BCUT2D eigenvalue weighted by molar-refractivity contribution is 7.12. The minimum atomic E-state index is -1.00. The smallest absolute Gasteiger partial charge is 0.328 e. The van der Waals surface area contributed by atoms with Gasteiger partial charge >= 0.3 is 5.97 Å². The second-order valence-corrected chi connectivity index (χ2v) is 6.42. The van der Waals surface area contributed by atoms with E-state index in [-0.39, 0.29) is 5.91 Å². The van der Waals surface area contributed by atoms with E-state index in [0.717, 1.165) is 15.8 Å². The second-order valence-electron chi connectivity index (χ2n) is 4.10. The predicted molar refractivity (Wildman–Crippen MR) is 81.2 cm³/mol. The number of aryl methyl sites for hydroxylation is 1. The summed E-state index contributed by atoms with van der Waals surface area (Å²) in [5.41, 5.74) is 0.549. The van der Waals surface area contributed by atoms with Crippen LogP contribution in [0, 0.1) is 6.92 Å². The van der Waals surface area contributed by atoms with Crippen LogP contribution in [-0.4, -0.2) is 17.0 Å². The van der Waals surface area contributed by atoms with Gasteiger partial charge in [-0.05, 0) is 31.2 Å². The molecule has 0 spiro atoms. The molecule has 2 heterocycles. The van der Waals surface area contributed by atoms with Crippen molar-refractivity contribution < 1.29 is 14.7 Å². The lowest BCUT2D eigenvalue weighted by Crippen LogP contribution is -2.21. The number of carbonyl (C=O) groups excluding carboxylic acids is 1. The molecule has 20 heavy (non-hydrogen) atoms. The molecule has 2 aromatic heterocycles. The Labute approximate surface area is 124 Å². The van der Waals surface area contributed by atoms with Crippen molar-refractivity contribution in [3.8, 4) is 0 Å². The molecule has 0 saturated carbocycles. The summed E-state index contributed by atoms with van der Waals surface area (Å²) in [6.07, 6.45) is 2.54. The zero-order chi connectivity index (χ0) is 14.5. The van der Waals surface area contributed by atoms with E-state index in [0.29, 0.717) is 12.1 Å². The van der Waals surface area contributed by atoms with Gasteiger partial charge in [0.05, 0.1) is 12.1 Å². The van der Waals surface area contributed by atoms with E-state index in [4.69, 9.17) is 5.11 Å². The quantitative estimate of drug-likeness (QED) is 0.834. The monoisotopic (exact) mass is 307 g/mol. The van der Waals surface area contributed by atoms with Gasteiger partial charge in [0.1, 0.15) is 0 Å². The van der Waals surface area contributed by atoms with Crippen molar-refractivity contribution in [2.24, 2.45) is 0 Å². The van der Waals surface area contributed by atoms with Crippen molar-refractivity contribution >= 4 is 40.6 Å². The van der Waals surface area contributed by atoms with Gasteiger partial charge < -0.3 is 10.4 Å². The summed E-state index contributed by atoms with van der Waals surface area (Å²) in [5, 5.41) is 13.1. The van der Waals surface area contributed by atoms with Crippen LogP contribution >= 0.6 is 22.7 Å². The average molecular weight is 307 g/mol. The molecule has 0 unspecified atom stereocenters. The van der Waals surface area contributed by atoms with Crippen LogP contribution in [0.4, 0.5) is 0 Å². The molecule has 6 heteroatoms. The van der Waals surface area contributed by atoms with Gasteiger partial charge in [-0.1, -0.05) is 0 Å². The van der Waals surface area contributed by atoms with Crippen LogP contribution in [0.5, 0.6) is 0 Å². The van der Waals surface area contributed by atoms with Gasteiger partial charge in [0.2, 0.25) is 0 Å². The van der Waals surface area contributed by atoms with Crippen molar-refractivity contribution in [2.45, 2.75) is 13.5 Å². The molecular formula is C14H13NO3S2. The molecule has 1 amide bonds. The Morgan fingerprint density at radius 3 is 2.85 bits per heavy atom. The second kappa shape index (κ2) is 6.49. The fourth-order valence-corrected chi connectivity index (χ4v) is 3.17. The normalized spacial score (nSPS) is 10.8. The SMILES string of the molecule is Cc1ccc(CNC(=O)c2csc(C=CC(=O)O)c2)s1. The molecule has 0 aliphatic heterocycles. The lowest BCUT2D eigenvalue weighted by Gasteiger charge is -2.00. The number of carbonyl (C=O) groups is 2. The van der Waals surface area contributed by atoms with Gasteiger partial charge in [-0.2, -0.15) is 0 Å². The number of thiophene rings is 2. The van der Waals surface area contributed by atoms with Gasteiger partial charge in [0, 0.05) is 26.1 Å². The van der Waals surface area contributed by atoms with Crippen molar-refractivity contribution in [1.82, 2.24) is 5.32 Å². The molecule has 0 aromatic carbocycles. The van der Waals surface area contributed by atoms with E-state index in [1.54, 1.807) is 22.8 Å². The number of rotatable bonds is 5. The molecule has 2 N–H and O–H groups in total. The third-order valence-corrected chi connectivity index (χ3v) is 4.39. The fourth-order valence-electron chi connectivity index (χ4n) is 1.56. The number of carboxylic acid groups (broad SMARTS) is 1. The van der Waals surface area contributed by atoms with Gasteiger partial charge in [-0.3, -0.25) is 4.79 Å². The van der Waals surface area contributed by atoms with Crippen LogP contribution in [0.25, 0.3) is 6.08 Å². The summed E-state index contributed by atoms with van der Waals surface area (Å²) >= 11 is 2.99. The molecule has 2 rings (SSSR count). The fraction of sp³-hybridized carbons (Fsp3) is 0.143. The molecule has 0 aliphatic rings. The lowest BCUT2D eigenvalue weighted by molar-refractivity contribution is -0.131. The van der Waals surface area contributed by atoms with Gasteiger partial charge in [0.25, 0.3) is 5.91 Å². The summed E-state index contributed by atoms with van der Waals surface area (Å²) in [7, 11) is 0. The van der Waals surface area contributed by atoms with Gasteiger partial charge in [-0.25, -0.2) is 4.79 Å². The highest BCUT2D eigenvalue weighted by atomic mass is 32.1. The molecule has 2 aromatic rings. The lowest BCUT2D eigenvalue weighted by atomic mass is 10.3. The summed E-state index contributed by atoms with van der Waals surface area (Å²) in [6.45, 7) is 2.53. The molecule has 0 aliphatic carbocycles. The number of hydrogen-bond acceptors (Lipinski definition) is 4. The first-order valence-corrected chi connectivity index (χ1v) is 7.57. The number of carboxylic acids is 1. The molecule has 104 valence electrons. The number of amides is 1. The predicted octanol–water partition coefficient (Wildman–Crippen LogP) is 3.15. The van der Waals surface area contributed by atoms with E-state index in [1.165, 1.54) is 22.3 Å². The van der Waals surface area contributed by atoms with Crippen molar-refractivity contribution in [1.29, 1.82) is 0 Å². The third kappa shape index (κ3) is 4.04. The Bertz CT molecular complexity index is 655. The van der Waals surface area contributed by atoms with Crippen molar-refractivity contribution in [2.75, 3.05) is 0 Å². The van der Waals surface area contributed by atoms with Gasteiger partial charge in [-0.15, -0.1) is 22.7 Å². The Balaban J connectivity index is 1.94. The Kier molecular flexibility index (Phi) is 4.70. The van der Waals surface area contributed by atoms with Crippen molar-refractivity contribution in [3.05, 3.63) is 49.9 Å². The summed E-state index contributed by atoms with van der Waals surface area (Å²) in [4.78, 5) is 25.4. The number of hydrogen-bond donors (Lipinski definition) is 2. The Morgan fingerprint density at radius 2 is 2.20 bits per heavy atom. The topological polar surface area (TPSA) is 66.4 Å². The molecule has 4 nitrogen and oxygen atoms in total. The third-order valence-electron chi connectivity index (χ3n) is 2.49. The van der Waals surface area contributed by atoms with Crippen molar-refractivity contribution in [3.63, 3.8) is 0 Å². The maximum Gasteiger partial charge on any atom is 0.328 e. The van der Waals surface area contributed by atoms with Crippen LogP contribution in [0.1, 0.15) is 25.0 Å². The maximum absolute atomic E-state index is 11.9. The zero-order valence-electron chi connectivity index (χ0n) is 10.8. The van der Waals surface area contributed by atoms with E-state index < -0.39 is 5.97 Å². The zero-order valence-corrected chi connectivity index (χ0v) is 12.4. The molecule has 0 atom stereocenters. The standard InChI is InChI=1S/C14H13NO3S2/c1-9-2-3-12(20-9)7-15-14(18)10-6-11(19-8-10)4-5-13(16)17/h2-6,8H,7H2,1H3,(H,15,18)(H,16,17). The summed E-state index contributed by atoms with van der Waals surface area (Å²) in [5.74, 6) is -1.15. The first kappa shape index (κ1) is 14.5. The molecule has 0 fully saturated rings. The maximum atomic E-state index is 11.9. The summed E-state index contributed by atoms with van der Waals surface area (Å²) in [6, 6.07) is 5.69. The highest BCUT2D eigenvalue weighted by Gasteiger charge is 2.08. The number of nitrogens with one attached hydrogen (secondary N) is 1. The van der Waals surface area contributed by atoms with E-state index in [9.17, 15) is 9.59 Å². The van der Waals surface area contributed by atoms with Crippen LogP contribution in [0.15, 0.2) is 29.7 Å². The van der Waals surface area contributed by atoms with E-state index in [1.807, 2.05) is 19.1 Å². The molecule has 0 saturated heterocycles. The minimum Gasteiger partial charge on any atom is -0.478 e. The number of aliphatic carboxylic acids is 1. The molecular weight excluding hydrogens is 294 g/mol. The van der Waals surface area contributed by atoms with E-state index >= 15 is 0 Å². The van der Waals surface area contributed by atoms with Crippen LogP contribution in [0.3, 0.4) is 0 Å². The first-order valence-electron chi connectivity index (χ1n) is 5.87. The van der Waals surface area contributed by atoms with Crippen LogP contribution in [-0.2, 0) is 11.3 Å². The van der Waals surface area contributed by atoms with Crippen LogP contribution < -0.4 is 5.32 Å². The minimum absolute atomic E-state index is 0.151. The first-order chi connectivity index (χ1) is 9.54. The summed E-state index contributed by atoms with van der Waals surface area (Å²) < 4.78 is 0. The van der Waals surface area contributed by atoms with Crippen LogP contribution in [0.2, 0.25) is 0 Å². The van der Waals surface area contributed by atoms with Gasteiger partial charge in [0.15, 0.2) is 0 Å². The highest BCUT2D eigenvalue weighted by Crippen LogP contribution is 2.17. The Hall–Kier alpha value is -1.92. The molecule has 0 radical (unpaired) electrons. The molecule has 0 bridgehead atoms. The largest absolute Gasteiger partial charge is 0.478 e. The van der Waals surface area contributed by atoms with E-state index in [2.05, 4.69) is 5.32 Å².